The first-order chi connectivity index (χ1) is 12.6. The number of guanidine groups is 1. The van der Waals surface area contributed by atoms with Crippen molar-refractivity contribution in [2.45, 2.75) is 45.2 Å². The zero-order valence-corrected chi connectivity index (χ0v) is 16.7. The first kappa shape index (κ1) is 19.2. The predicted molar refractivity (Wildman–Crippen MR) is 105 cm³/mol. The molecule has 7 heteroatoms. The number of morpholine rings is 1. The molecule has 1 aromatic heterocycles. The molecule has 0 saturated carbocycles. The number of hydrogen-bond donors (Lipinski definition) is 1. The fourth-order valence-corrected chi connectivity index (χ4v) is 4.02. The number of aromatic nitrogens is 2. The highest BCUT2D eigenvalue weighted by Crippen LogP contribution is 2.26. The van der Waals surface area contributed by atoms with E-state index in [0.717, 1.165) is 58.3 Å². The number of hydrogen-bond acceptors (Lipinski definition) is 4. The lowest BCUT2D eigenvalue weighted by molar-refractivity contribution is -0.0166. The summed E-state index contributed by atoms with van der Waals surface area (Å²) in [4.78, 5) is 9.88. The van der Waals surface area contributed by atoms with Crippen molar-refractivity contribution in [3.63, 3.8) is 0 Å². The van der Waals surface area contributed by atoms with Crippen LogP contribution in [-0.4, -0.2) is 83.6 Å². The molecule has 0 bridgehead atoms. The van der Waals surface area contributed by atoms with Gasteiger partial charge in [0.15, 0.2) is 5.96 Å². The summed E-state index contributed by atoms with van der Waals surface area (Å²) in [5.74, 6) is 1.59. The monoisotopic (exact) mass is 362 g/mol. The number of aryl methyl sites for hydroxylation is 1. The third-order valence-corrected chi connectivity index (χ3v) is 5.51. The van der Waals surface area contributed by atoms with Crippen LogP contribution in [-0.2, 0) is 11.8 Å². The topological polar surface area (TPSA) is 57.9 Å². The van der Waals surface area contributed by atoms with Crippen LogP contribution in [0.5, 0.6) is 0 Å². The maximum absolute atomic E-state index is 5.56. The molecule has 3 rings (SSSR count). The van der Waals surface area contributed by atoms with Crippen LogP contribution in [0.3, 0.4) is 0 Å². The highest BCUT2D eigenvalue weighted by Gasteiger charge is 2.28. The SMILES string of the molecule is CCNC(=NCC(C)N1CCOCC1C)N1CCC(c2cnn(C)c2)C1. The van der Waals surface area contributed by atoms with Crippen molar-refractivity contribution in [1.82, 2.24) is 24.9 Å². The summed E-state index contributed by atoms with van der Waals surface area (Å²) in [6, 6.07) is 0.901. The van der Waals surface area contributed by atoms with E-state index in [-0.39, 0.29) is 0 Å². The standard InChI is InChI=1S/C19H34N6O/c1-5-20-19(21-10-15(2)25-8-9-26-14-16(25)3)24-7-6-17(13-24)18-11-22-23(4)12-18/h11-12,15-17H,5-10,13-14H2,1-4H3,(H,20,21). The van der Waals surface area contributed by atoms with Gasteiger partial charge in [0.05, 0.1) is 26.0 Å². The summed E-state index contributed by atoms with van der Waals surface area (Å²) in [6.45, 7) is 13.1. The van der Waals surface area contributed by atoms with Gasteiger partial charge in [-0.3, -0.25) is 14.6 Å². The normalized spacial score (nSPS) is 26.3. The van der Waals surface area contributed by atoms with Gasteiger partial charge in [-0.05, 0) is 32.8 Å². The molecule has 0 amide bonds. The van der Waals surface area contributed by atoms with E-state index in [2.05, 4.69) is 47.2 Å². The molecule has 146 valence electrons. The maximum atomic E-state index is 5.56. The highest BCUT2D eigenvalue weighted by molar-refractivity contribution is 5.80. The largest absolute Gasteiger partial charge is 0.379 e. The molecule has 1 N–H and O–H groups in total. The van der Waals surface area contributed by atoms with Gasteiger partial charge in [0, 0.05) is 57.4 Å². The number of ether oxygens (including phenoxy) is 1. The molecule has 2 aliphatic rings. The van der Waals surface area contributed by atoms with E-state index in [4.69, 9.17) is 9.73 Å². The second kappa shape index (κ2) is 8.86. The number of aliphatic imine (C=N–C) groups is 1. The molecule has 2 saturated heterocycles. The number of nitrogens with zero attached hydrogens (tertiary/aromatic N) is 5. The van der Waals surface area contributed by atoms with Gasteiger partial charge in [-0.25, -0.2) is 0 Å². The molecule has 0 aromatic carbocycles. The smallest absolute Gasteiger partial charge is 0.193 e. The quantitative estimate of drug-likeness (QED) is 0.632. The molecule has 1 aromatic rings. The van der Waals surface area contributed by atoms with Crippen molar-refractivity contribution in [1.29, 1.82) is 0 Å². The zero-order valence-electron chi connectivity index (χ0n) is 16.7. The van der Waals surface area contributed by atoms with Crippen LogP contribution >= 0.6 is 0 Å². The number of likely N-dealkylation sites (tertiary alicyclic amines) is 1. The van der Waals surface area contributed by atoms with Crippen molar-refractivity contribution >= 4 is 5.96 Å². The van der Waals surface area contributed by atoms with E-state index in [1.807, 2.05) is 17.9 Å². The third kappa shape index (κ3) is 4.57. The maximum Gasteiger partial charge on any atom is 0.193 e. The molecule has 3 heterocycles. The number of nitrogens with one attached hydrogen (secondary N) is 1. The molecule has 2 aliphatic heterocycles. The van der Waals surface area contributed by atoms with Gasteiger partial charge in [-0.2, -0.15) is 5.10 Å². The van der Waals surface area contributed by atoms with Crippen molar-refractivity contribution < 1.29 is 4.74 Å². The number of rotatable bonds is 5. The Balaban J connectivity index is 1.60. The van der Waals surface area contributed by atoms with Crippen LogP contribution < -0.4 is 5.32 Å². The lowest BCUT2D eigenvalue weighted by atomic mass is 10.0. The van der Waals surface area contributed by atoms with Gasteiger partial charge in [0.1, 0.15) is 0 Å². The molecule has 7 nitrogen and oxygen atoms in total. The molecule has 0 aliphatic carbocycles. The van der Waals surface area contributed by atoms with Crippen LogP contribution in [0, 0.1) is 0 Å². The minimum atomic E-state index is 0.430. The fourth-order valence-electron chi connectivity index (χ4n) is 4.02. The first-order valence-corrected chi connectivity index (χ1v) is 9.93. The molecular weight excluding hydrogens is 328 g/mol. The predicted octanol–water partition coefficient (Wildman–Crippen LogP) is 1.28. The van der Waals surface area contributed by atoms with E-state index in [1.165, 1.54) is 5.56 Å². The summed E-state index contributed by atoms with van der Waals surface area (Å²) in [5.41, 5.74) is 1.33. The minimum Gasteiger partial charge on any atom is -0.379 e. The summed E-state index contributed by atoms with van der Waals surface area (Å²) in [5, 5.41) is 7.81. The second-order valence-electron chi connectivity index (χ2n) is 7.58. The fraction of sp³-hybridized carbons (Fsp3) is 0.789. The molecule has 0 radical (unpaired) electrons. The van der Waals surface area contributed by atoms with E-state index in [9.17, 15) is 0 Å². The Morgan fingerprint density at radius 1 is 1.46 bits per heavy atom. The Morgan fingerprint density at radius 2 is 2.31 bits per heavy atom. The lowest BCUT2D eigenvalue weighted by Crippen LogP contribution is -2.49. The molecule has 3 unspecified atom stereocenters. The van der Waals surface area contributed by atoms with E-state index >= 15 is 0 Å². The molecule has 3 atom stereocenters. The average Bonchev–Trinajstić information content (AvgIpc) is 3.27. The summed E-state index contributed by atoms with van der Waals surface area (Å²) < 4.78 is 7.45. The molecule has 2 fully saturated rings. The third-order valence-electron chi connectivity index (χ3n) is 5.51. The Bertz CT molecular complexity index is 601. The zero-order chi connectivity index (χ0) is 18.5. The van der Waals surface area contributed by atoms with Gasteiger partial charge in [-0.1, -0.05) is 0 Å². The molecular formula is C19H34N6O. The van der Waals surface area contributed by atoms with Crippen molar-refractivity contribution in [2.75, 3.05) is 45.9 Å². The van der Waals surface area contributed by atoms with Gasteiger partial charge in [0.2, 0.25) is 0 Å². The Hall–Kier alpha value is -1.60. The highest BCUT2D eigenvalue weighted by atomic mass is 16.5. The Kier molecular flexibility index (Phi) is 6.53. The Morgan fingerprint density at radius 3 is 3.00 bits per heavy atom. The summed E-state index contributed by atoms with van der Waals surface area (Å²) >= 11 is 0. The van der Waals surface area contributed by atoms with Crippen LogP contribution in [0.25, 0.3) is 0 Å². The molecule has 0 spiro atoms. The van der Waals surface area contributed by atoms with Gasteiger partial charge < -0.3 is 15.0 Å². The van der Waals surface area contributed by atoms with Crippen molar-refractivity contribution in [2.24, 2.45) is 12.0 Å². The Labute approximate surface area is 157 Å². The summed E-state index contributed by atoms with van der Waals surface area (Å²) in [6.07, 6.45) is 5.30. The van der Waals surface area contributed by atoms with E-state index in [1.54, 1.807) is 0 Å². The lowest BCUT2D eigenvalue weighted by Gasteiger charge is -2.37. The van der Waals surface area contributed by atoms with Crippen molar-refractivity contribution in [3.8, 4) is 0 Å². The van der Waals surface area contributed by atoms with Crippen LogP contribution in [0.4, 0.5) is 0 Å². The van der Waals surface area contributed by atoms with Crippen LogP contribution in [0.15, 0.2) is 17.4 Å². The van der Waals surface area contributed by atoms with E-state index in [0.29, 0.717) is 18.0 Å². The van der Waals surface area contributed by atoms with Crippen LogP contribution in [0.2, 0.25) is 0 Å². The molecule has 26 heavy (non-hydrogen) atoms. The van der Waals surface area contributed by atoms with E-state index < -0.39 is 0 Å². The average molecular weight is 363 g/mol. The minimum absolute atomic E-state index is 0.430. The summed E-state index contributed by atoms with van der Waals surface area (Å²) in [7, 11) is 1.98. The van der Waals surface area contributed by atoms with Gasteiger partial charge in [0.25, 0.3) is 0 Å². The van der Waals surface area contributed by atoms with Gasteiger partial charge in [-0.15, -0.1) is 0 Å². The first-order valence-electron chi connectivity index (χ1n) is 9.93. The van der Waals surface area contributed by atoms with Crippen LogP contribution in [0.1, 0.15) is 38.7 Å². The second-order valence-corrected chi connectivity index (χ2v) is 7.58. The van der Waals surface area contributed by atoms with Gasteiger partial charge >= 0.3 is 0 Å². The van der Waals surface area contributed by atoms with Crippen molar-refractivity contribution in [3.05, 3.63) is 18.0 Å².